The number of aliphatic imine (C=N–C) groups is 1. The summed E-state index contributed by atoms with van der Waals surface area (Å²) in [6, 6.07) is -0.567. The molecule has 0 saturated carbocycles. The lowest BCUT2D eigenvalue weighted by Crippen LogP contribution is -2.51. The van der Waals surface area contributed by atoms with Crippen LogP contribution in [0.2, 0.25) is 0 Å². The monoisotopic (exact) mass is 202 g/mol. The van der Waals surface area contributed by atoms with Crippen molar-refractivity contribution in [3.8, 4) is 0 Å². The van der Waals surface area contributed by atoms with Gasteiger partial charge in [-0.3, -0.25) is 4.79 Å². The van der Waals surface area contributed by atoms with E-state index < -0.39 is 17.9 Å². The van der Waals surface area contributed by atoms with Gasteiger partial charge in [-0.1, -0.05) is 0 Å². The van der Waals surface area contributed by atoms with Crippen LogP contribution in [0, 0.1) is 5.92 Å². The minimum Gasteiger partial charge on any atom is -0.481 e. The normalized spacial score (nSPS) is 27.8. The van der Waals surface area contributed by atoms with Gasteiger partial charge in [-0.05, 0) is 19.1 Å². The molecule has 2 atom stereocenters. The Kier molecular flexibility index (Phi) is 2.94. The van der Waals surface area contributed by atoms with E-state index in [-0.39, 0.29) is 11.7 Å². The molecule has 0 aromatic rings. The first-order valence-corrected chi connectivity index (χ1v) is 4.16. The summed E-state index contributed by atoms with van der Waals surface area (Å²) in [4.78, 5) is 14.6. The fourth-order valence-electron chi connectivity index (χ4n) is 1.30. The summed E-state index contributed by atoms with van der Waals surface area (Å²) in [6.07, 6.45) is 0. The summed E-state index contributed by atoms with van der Waals surface area (Å²) >= 11 is 4.76. The molecule has 72 valence electrons. The summed E-state index contributed by atoms with van der Waals surface area (Å²) in [6.45, 7) is 1.32. The predicted octanol–water partition coefficient (Wildman–Crippen LogP) is -0.603. The Bertz CT molecular complexity index is 277. The van der Waals surface area contributed by atoms with Crippen LogP contribution in [0.5, 0.6) is 0 Å². The minimum absolute atomic E-state index is 0.231. The maximum absolute atomic E-state index is 10.8. The molecule has 5 nitrogen and oxygen atoms in total. The molecule has 3 N–H and O–H groups in total. The van der Waals surface area contributed by atoms with Gasteiger partial charge in [0.05, 0.1) is 12.6 Å². The van der Waals surface area contributed by atoms with Gasteiger partial charge in [-0.2, -0.15) is 0 Å². The van der Waals surface area contributed by atoms with Crippen LogP contribution in [0.25, 0.3) is 0 Å². The van der Waals surface area contributed by atoms with Gasteiger partial charge in [-0.25, -0.2) is 4.99 Å². The molecule has 1 aliphatic heterocycles. The average molecular weight is 202 g/mol. The number of aliphatic hydroxyl groups excluding tert-OH is 1. The van der Waals surface area contributed by atoms with E-state index in [0.29, 0.717) is 5.71 Å². The van der Waals surface area contributed by atoms with Crippen molar-refractivity contribution in [1.82, 2.24) is 5.32 Å². The maximum atomic E-state index is 10.8. The first kappa shape index (κ1) is 10.1. The van der Waals surface area contributed by atoms with Crippen molar-refractivity contribution in [2.24, 2.45) is 10.9 Å². The highest BCUT2D eigenvalue weighted by Gasteiger charge is 2.33. The Morgan fingerprint density at radius 1 is 1.77 bits per heavy atom. The Hall–Kier alpha value is -1.01. The number of nitrogens with zero attached hydrogens (tertiary/aromatic N) is 1. The second kappa shape index (κ2) is 3.80. The van der Waals surface area contributed by atoms with E-state index in [1.807, 2.05) is 0 Å². The molecule has 0 aromatic carbocycles. The highest BCUT2D eigenvalue weighted by Crippen LogP contribution is 2.12. The Labute approximate surface area is 80.5 Å². The lowest BCUT2D eigenvalue weighted by Gasteiger charge is -2.27. The number of hydrogen-bond donors (Lipinski definition) is 3. The van der Waals surface area contributed by atoms with Crippen LogP contribution in [0.4, 0.5) is 0 Å². The summed E-state index contributed by atoms with van der Waals surface area (Å²) in [5.74, 6) is -1.80. The molecule has 0 spiro atoms. The van der Waals surface area contributed by atoms with Gasteiger partial charge in [0, 0.05) is 5.71 Å². The van der Waals surface area contributed by atoms with E-state index in [2.05, 4.69) is 10.3 Å². The molecule has 1 rings (SSSR count). The second-order valence-electron chi connectivity index (χ2n) is 2.81. The summed E-state index contributed by atoms with van der Waals surface area (Å²) < 4.78 is 0. The number of aliphatic carboxylic acids is 1. The van der Waals surface area contributed by atoms with Crippen LogP contribution in [-0.2, 0) is 4.79 Å². The van der Waals surface area contributed by atoms with Crippen LogP contribution in [-0.4, -0.2) is 39.7 Å². The van der Waals surface area contributed by atoms with E-state index >= 15 is 0 Å². The standard InChI is InChI=1S/C7H10N2O3S/c1-3-5(6(11)12)4(2-10)9-7(13)8-3/h4-5,10H,2H2,1H3,(H,9,13)(H,11,12). The van der Waals surface area contributed by atoms with Crippen LogP contribution in [0.3, 0.4) is 0 Å². The molecule has 6 heteroatoms. The second-order valence-corrected chi connectivity index (χ2v) is 3.19. The van der Waals surface area contributed by atoms with E-state index in [1.54, 1.807) is 6.92 Å². The van der Waals surface area contributed by atoms with Crippen LogP contribution < -0.4 is 5.32 Å². The molecule has 2 unspecified atom stereocenters. The van der Waals surface area contributed by atoms with Gasteiger partial charge in [0.25, 0.3) is 0 Å². The quantitative estimate of drug-likeness (QED) is 0.521. The minimum atomic E-state index is -1.00. The van der Waals surface area contributed by atoms with Crippen molar-refractivity contribution in [2.75, 3.05) is 6.61 Å². The molecular formula is C7H10N2O3S. The smallest absolute Gasteiger partial charge is 0.314 e. The van der Waals surface area contributed by atoms with Gasteiger partial charge in [0.15, 0.2) is 5.11 Å². The van der Waals surface area contributed by atoms with Crippen molar-refractivity contribution < 1.29 is 15.0 Å². The topological polar surface area (TPSA) is 81.9 Å². The van der Waals surface area contributed by atoms with Crippen molar-refractivity contribution >= 4 is 29.0 Å². The highest BCUT2D eigenvalue weighted by molar-refractivity contribution is 7.80. The number of carboxylic acids is 1. The molecule has 0 saturated heterocycles. The van der Waals surface area contributed by atoms with Gasteiger partial charge < -0.3 is 15.5 Å². The molecular weight excluding hydrogens is 192 g/mol. The number of rotatable bonds is 2. The Morgan fingerprint density at radius 3 is 2.85 bits per heavy atom. The van der Waals surface area contributed by atoms with Crippen LogP contribution in [0.15, 0.2) is 4.99 Å². The Balaban J connectivity index is 2.94. The van der Waals surface area contributed by atoms with Crippen molar-refractivity contribution in [2.45, 2.75) is 13.0 Å². The van der Waals surface area contributed by atoms with Crippen LogP contribution in [0.1, 0.15) is 6.92 Å². The lowest BCUT2D eigenvalue weighted by molar-refractivity contribution is -0.140. The summed E-state index contributed by atoms with van der Waals surface area (Å²) in [5.41, 5.74) is 0.426. The zero-order valence-electron chi connectivity index (χ0n) is 7.02. The molecule has 1 aliphatic rings. The van der Waals surface area contributed by atoms with E-state index in [4.69, 9.17) is 22.4 Å². The molecule has 13 heavy (non-hydrogen) atoms. The SMILES string of the molecule is CC1=NC(=S)NC(CO)C1C(=O)O. The fourth-order valence-corrected chi connectivity index (χ4v) is 1.59. The van der Waals surface area contributed by atoms with Crippen molar-refractivity contribution in [3.05, 3.63) is 0 Å². The number of hydrogen-bond acceptors (Lipinski definition) is 3. The number of nitrogens with one attached hydrogen (secondary N) is 1. The number of thiocarbonyl (C=S) groups is 1. The third-order valence-electron chi connectivity index (χ3n) is 1.90. The summed E-state index contributed by atoms with van der Waals surface area (Å²) in [7, 11) is 0. The zero-order valence-corrected chi connectivity index (χ0v) is 7.84. The Morgan fingerprint density at radius 2 is 2.38 bits per heavy atom. The van der Waals surface area contributed by atoms with Crippen molar-refractivity contribution in [1.29, 1.82) is 0 Å². The molecule has 0 aliphatic carbocycles. The number of aliphatic hydroxyl groups is 1. The fraction of sp³-hybridized carbons (Fsp3) is 0.571. The van der Waals surface area contributed by atoms with Crippen molar-refractivity contribution in [3.63, 3.8) is 0 Å². The van der Waals surface area contributed by atoms with E-state index in [9.17, 15) is 4.79 Å². The molecule has 0 aromatic heterocycles. The number of carbonyl (C=O) groups is 1. The van der Waals surface area contributed by atoms with Crippen LogP contribution >= 0.6 is 12.2 Å². The predicted molar refractivity (Wildman–Crippen MR) is 50.8 cm³/mol. The lowest BCUT2D eigenvalue weighted by atomic mass is 9.94. The molecule has 0 radical (unpaired) electrons. The zero-order chi connectivity index (χ0) is 10.0. The van der Waals surface area contributed by atoms with E-state index in [1.165, 1.54) is 0 Å². The molecule has 0 bridgehead atoms. The average Bonchev–Trinajstić information content (AvgIpc) is 2.01. The first-order chi connectivity index (χ1) is 6.06. The number of carboxylic acid groups (broad SMARTS) is 1. The maximum Gasteiger partial charge on any atom is 0.314 e. The molecule has 1 heterocycles. The third-order valence-corrected chi connectivity index (χ3v) is 2.11. The van der Waals surface area contributed by atoms with Gasteiger partial charge in [-0.15, -0.1) is 0 Å². The molecule has 0 amide bonds. The molecule has 0 fully saturated rings. The summed E-state index contributed by atoms with van der Waals surface area (Å²) in [5, 5.41) is 20.6. The van der Waals surface area contributed by atoms with Gasteiger partial charge in [0.2, 0.25) is 0 Å². The third kappa shape index (κ3) is 2.02. The highest BCUT2D eigenvalue weighted by atomic mass is 32.1. The first-order valence-electron chi connectivity index (χ1n) is 3.75. The van der Waals surface area contributed by atoms with E-state index in [0.717, 1.165) is 0 Å². The largest absolute Gasteiger partial charge is 0.481 e. The van der Waals surface area contributed by atoms with Gasteiger partial charge in [0.1, 0.15) is 5.92 Å². The van der Waals surface area contributed by atoms with Gasteiger partial charge >= 0.3 is 5.97 Å².